The third-order valence-corrected chi connectivity index (χ3v) is 4.42. The maximum absolute atomic E-state index is 5.23. The molecule has 2 unspecified atom stereocenters. The highest BCUT2D eigenvalue weighted by atomic mass is 16.5. The molecule has 0 aromatic heterocycles. The van der Waals surface area contributed by atoms with Crippen LogP contribution in [0.1, 0.15) is 56.2 Å². The smallest absolute Gasteiger partial charge is 0.0462 e. The first-order valence-electron chi connectivity index (χ1n) is 8.17. The Labute approximate surface area is 123 Å². The lowest BCUT2D eigenvalue weighted by Crippen LogP contribution is -2.29. The Morgan fingerprint density at radius 3 is 2.95 bits per heavy atom. The summed E-state index contributed by atoms with van der Waals surface area (Å²) in [5.41, 5.74) is 3.09. The van der Waals surface area contributed by atoms with Gasteiger partial charge in [0.05, 0.1) is 0 Å². The summed E-state index contributed by atoms with van der Waals surface area (Å²) in [5, 5.41) is 3.80. The van der Waals surface area contributed by atoms with E-state index in [1.165, 1.54) is 38.5 Å². The van der Waals surface area contributed by atoms with Crippen molar-refractivity contribution in [3.63, 3.8) is 0 Å². The Morgan fingerprint density at radius 1 is 1.30 bits per heavy atom. The van der Waals surface area contributed by atoms with Crippen molar-refractivity contribution in [3.05, 3.63) is 35.4 Å². The van der Waals surface area contributed by atoms with Crippen LogP contribution < -0.4 is 5.32 Å². The minimum atomic E-state index is 0.533. The summed E-state index contributed by atoms with van der Waals surface area (Å²) >= 11 is 0. The van der Waals surface area contributed by atoms with Crippen molar-refractivity contribution in [3.8, 4) is 0 Å². The number of rotatable bonds is 7. The molecule has 0 spiro atoms. The molecule has 1 aromatic rings. The van der Waals surface area contributed by atoms with Crippen LogP contribution in [0.25, 0.3) is 0 Å². The number of nitrogens with one attached hydrogen (secondary N) is 1. The number of benzene rings is 1. The SMILES string of the molecule is CCCNC1c2ccccc2CCCC1CCCOC. The van der Waals surface area contributed by atoms with E-state index in [1.807, 2.05) is 0 Å². The number of hydrogen-bond acceptors (Lipinski definition) is 2. The monoisotopic (exact) mass is 275 g/mol. The van der Waals surface area contributed by atoms with Gasteiger partial charge in [-0.05, 0) is 62.1 Å². The lowest BCUT2D eigenvalue weighted by atomic mass is 9.87. The highest BCUT2D eigenvalue weighted by molar-refractivity contribution is 5.31. The summed E-state index contributed by atoms with van der Waals surface area (Å²) in [7, 11) is 1.80. The molecule has 0 bridgehead atoms. The topological polar surface area (TPSA) is 21.3 Å². The summed E-state index contributed by atoms with van der Waals surface area (Å²) < 4.78 is 5.23. The van der Waals surface area contributed by atoms with Gasteiger partial charge in [-0.2, -0.15) is 0 Å². The largest absolute Gasteiger partial charge is 0.385 e. The van der Waals surface area contributed by atoms with Crippen LogP contribution in [0.4, 0.5) is 0 Å². The summed E-state index contributed by atoms with van der Waals surface area (Å²) in [6.45, 7) is 4.24. The molecule has 20 heavy (non-hydrogen) atoms. The van der Waals surface area contributed by atoms with Crippen LogP contribution in [0.15, 0.2) is 24.3 Å². The van der Waals surface area contributed by atoms with E-state index >= 15 is 0 Å². The first kappa shape index (κ1) is 15.5. The van der Waals surface area contributed by atoms with E-state index in [1.54, 1.807) is 18.2 Å². The van der Waals surface area contributed by atoms with Crippen LogP contribution in [0.2, 0.25) is 0 Å². The van der Waals surface area contributed by atoms with Crippen molar-refractivity contribution in [1.82, 2.24) is 5.32 Å². The number of methoxy groups -OCH3 is 1. The van der Waals surface area contributed by atoms with Crippen molar-refractivity contribution in [2.45, 2.75) is 51.5 Å². The lowest BCUT2D eigenvalue weighted by Gasteiger charge is -2.28. The van der Waals surface area contributed by atoms with E-state index < -0.39 is 0 Å². The Kier molecular flexibility index (Phi) is 6.55. The average Bonchev–Trinajstić information content (AvgIpc) is 2.65. The van der Waals surface area contributed by atoms with Gasteiger partial charge in [0.1, 0.15) is 0 Å². The lowest BCUT2D eigenvalue weighted by molar-refractivity contribution is 0.180. The molecule has 0 aliphatic heterocycles. The van der Waals surface area contributed by atoms with Gasteiger partial charge in [0, 0.05) is 19.8 Å². The Balaban J connectivity index is 2.13. The highest BCUT2D eigenvalue weighted by Crippen LogP contribution is 2.35. The third kappa shape index (κ3) is 4.07. The molecule has 1 aliphatic rings. The molecule has 112 valence electrons. The number of ether oxygens (including phenoxy) is 1. The number of aryl methyl sites for hydroxylation is 1. The zero-order valence-corrected chi connectivity index (χ0v) is 13.0. The fourth-order valence-electron chi connectivity index (χ4n) is 3.42. The van der Waals surface area contributed by atoms with Gasteiger partial charge in [-0.1, -0.05) is 31.2 Å². The molecule has 0 saturated heterocycles. The van der Waals surface area contributed by atoms with Crippen molar-refractivity contribution >= 4 is 0 Å². The van der Waals surface area contributed by atoms with Gasteiger partial charge in [0.15, 0.2) is 0 Å². The predicted molar refractivity (Wildman–Crippen MR) is 85.0 cm³/mol. The standard InChI is InChI=1S/C18H29NO/c1-3-13-19-18-16(11-7-14-20-2)10-6-9-15-8-4-5-12-17(15)18/h4-5,8,12,16,18-19H,3,6-7,9-11,13-14H2,1-2H3. The van der Waals surface area contributed by atoms with Crippen LogP contribution >= 0.6 is 0 Å². The van der Waals surface area contributed by atoms with E-state index in [0.29, 0.717) is 6.04 Å². The molecule has 0 heterocycles. The molecule has 1 N–H and O–H groups in total. The molecular formula is C18H29NO. The van der Waals surface area contributed by atoms with Gasteiger partial charge in [-0.15, -0.1) is 0 Å². The molecule has 2 rings (SSSR count). The molecule has 1 aromatic carbocycles. The maximum Gasteiger partial charge on any atom is 0.0462 e. The number of fused-ring (bicyclic) bond motifs is 1. The van der Waals surface area contributed by atoms with Gasteiger partial charge in [0.2, 0.25) is 0 Å². The minimum Gasteiger partial charge on any atom is -0.385 e. The van der Waals surface area contributed by atoms with Crippen LogP contribution in [-0.4, -0.2) is 20.3 Å². The third-order valence-electron chi connectivity index (χ3n) is 4.42. The van der Waals surface area contributed by atoms with Gasteiger partial charge in [0.25, 0.3) is 0 Å². The molecular weight excluding hydrogens is 246 g/mol. The van der Waals surface area contributed by atoms with Crippen LogP contribution in [0.3, 0.4) is 0 Å². The summed E-state index contributed by atoms with van der Waals surface area (Å²) in [6.07, 6.45) is 7.53. The first-order chi connectivity index (χ1) is 9.86. The minimum absolute atomic E-state index is 0.533. The van der Waals surface area contributed by atoms with E-state index in [4.69, 9.17) is 4.74 Å². The van der Waals surface area contributed by atoms with Gasteiger partial charge in [-0.25, -0.2) is 0 Å². The predicted octanol–water partition coefficient (Wildman–Crippen LogP) is 4.11. The van der Waals surface area contributed by atoms with Crippen molar-refractivity contribution < 1.29 is 4.74 Å². The summed E-state index contributed by atoms with van der Waals surface area (Å²) in [6, 6.07) is 9.55. The zero-order chi connectivity index (χ0) is 14.2. The molecule has 0 saturated carbocycles. The first-order valence-corrected chi connectivity index (χ1v) is 8.17. The second kappa shape index (κ2) is 8.43. The number of hydrogen-bond donors (Lipinski definition) is 1. The fourth-order valence-corrected chi connectivity index (χ4v) is 3.42. The molecule has 2 heteroatoms. The fraction of sp³-hybridized carbons (Fsp3) is 0.667. The van der Waals surface area contributed by atoms with E-state index in [2.05, 4.69) is 36.5 Å². The van der Waals surface area contributed by atoms with Crippen molar-refractivity contribution in [2.24, 2.45) is 5.92 Å². The average molecular weight is 275 g/mol. The molecule has 0 amide bonds. The normalized spacial score (nSPS) is 22.3. The zero-order valence-electron chi connectivity index (χ0n) is 13.0. The van der Waals surface area contributed by atoms with Gasteiger partial charge in [-0.3, -0.25) is 0 Å². The Hall–Kier alpha value is -0.860. The van der Waals surface area contributed by atoms with E-state index in [9.17, 15) is 0 Å². The maximum atomic E-state index is 5.23. The molecule has 0 radical (unpaired) electrons. The van der Waals surface area contributed by atoms with Gasteiger partial charge < -0.3 is 10.1 Å². The van der Waals surface area contributed by atoms with Gasteiger partial charge >= 0.3 is 0 Å². The summed E-state index contributed by atoms with van der Waals surface area (Å²) in [4.78, 5) is 0. The second-order valence-corrected chi connectivity index (χ2v) is 5.92. The molecule has 2 nitrogen and oxygen atoms in total. The second-order valence-electron chi connectivity index (χ2n) is 5.92. The van der Waals surface area contributed by atoms with E-state index in [-0.39, 0.29) is 0 Å². The molecule has 1 aliphatic carbocycles. The highest BCUT2D eigenvalue weighted by Gasteiger charge is 2.26. The Bertz CT molecular complexity index is 391. The van der Waals surface area contributed by atoms with Crippen LogP contribution in [0, 0.1) is 5.92 Å². The van der Waals surface area contributed by atoms with Crippen LogP contribution in [-0.2, 0) is 11.2 Å². The van der Waals surface area contributed by atoms with Crippen molar-refractivity contribution in [2.75, 3.05) is 20.3 Å². The van der Waals surface area contributed by atoms with E-state index in [0.717, 1.165) is 19.1 Å². The quantitative estimate of drug-likeness (QED) is 0.597. The van der Waals surface area contributed by atoms with Crippen molar-refractivity contribution in [1.29, 1.82) is 0 Å². The Morgan fingerprint density at radius 2 is 2.15 bits per heavy atom. The summed E-state index contributed by atoms with van der Waals surface area (Å²) in [5.74, 6) is 0.750. The molecule has 2 atom stereocenters. The molecule has 0 fully saturated rings. The van der Waals surface area contributed by atoms with Crippen LogP contribution in [0.5, 0.6) is 0 Å².